The predicted molar refractivity (Wildman–Crippen MR) is 74.9 cm³/mol. The highest BCUT2D eigenvalue weighted by atomic mass is 16.5. The van der Waals surface area contributed by atoms with Crippen molar-refractivity contribution in [2.24, 2.45) is 0 Å². The topological polar surface area (TPSA) is 30.5 Å². The average Bonchev–Trinajstić information content (AvgIpc) is 2.38. The SMILES string of the molecule is C=CC(C)NC(C)c1ccc(OC)c(COC)c1. The van der Waals surface area contributed by atoms with Gasteiger partial charge in [0.15, 0.2) is 0 Å². The number of nitrogens with one attached hydrogen (secondary N) is 1. The molecule has 2 unspecified atom stereocenters. The fourth-order valence-electron chi connectivity index (χ4n) is 1.89. The van der Waals surface area contributed by atoms with Crippen LogP contribution in [0.25, 0.3) is 0 Å². The lowest BCUT2D eigenvalue weighted by molar-refractivity contribution is 0.181. The van der Waals surface area contributed by atoms with Crippen LogP contribution < -0.4 is 10.1 Å². The summed E-state index contributed by atoms with van der Waals surface area (Å²) in [6, 6.07) is 6.73. The summed E-state index contributed by atoms with van der Waals surface area (Å²) in [6.07, 6.45) is 1.90. The summed E-state index contributed by atoms with van der Waals surface area (Å²) >= 11 is 0. The molecule has 1 N–H and O–H groups in total. The van der Waals surface area contributed by atoms with Gasteiger partial charge in [-0.25, -0.2) is 0 Å². The second-order valence-electron chi connectivity index (χ2n) is 4.42. The maximum atomic E-state index is 5.32. The molecular formula is C15H23NO2. The quantitative estimate of drug-likeness (QED) is 0.753. The van der Waals surface area contributed by atoms with Crippen molar-refractivity contribution in [1.29, 1.82) is 0 Å². The van der Waals surface area contributed by atoms with E-state index in [1.807, 2.05) is 12.1 Å². The Morgan fingerprint density at radius 3 is 2.61 bits per heavy atom. The van der Waals surface area contributed by atoms with E-state index >= 15 is 0 Å². The van der Waals surface area contributed by atoms with Crippen molar-refractivity contribution in [2.75, 3.05) is 14.2 Å². The van der Waals surface area contributed by atoms with Crippen LogP contribution in [0.5, 0.6) is 5.75 Å². The van der Waals surface area contributed by atoms with Crippen LogP contribution in [-0.2, 0) is 11.3 Å². The molecule has 3 nitrogen and oxygen atoms in total. The summed E-state index contributed by atoms with van der Waals surface area (Å²) in [5, 5.41) is 3.45. The first-order valence-electron chi connectivity index (χ1n) is 6.16. The molecule has 0 heterocycles. The highest BCUT2D eigenvalue weighted by molar-refractivity contribution is 5.38. The second kappa shape index (κ2) is 7.19. The van der Waals surface area contributed by atoms with E-state index in [2.05, 4.69) is 37.9 Å². The molecule has 0 fully saturated rings. The fraction of sp³-hybridized carbons (Fsp3) is 0.467. The van der Waals surface area contributed by atoms with Crippen molar-refractivity contribution < 1.29 is 9.47 Å². The van der Waals surface area contributed by atoms with Gasteiger partial charge in [0.25, 0.3) is 0 Å². The van der Waals surface area contributed by atoms with Crippen LogP contribution in [0.15, 0.2) is 30.9 Å². The van der Waals surface area contributed by atoms with E-state index in [0.29, 0.717) is 6.61 Å². The van der Waals surface area contributed by atoms with Gasteiger partial charge in [-0.1, -0.05) is 12.1 Å². The molecule has 1 rings (SSSR count). The summed E-state index contributed by atoms with van der Waals surface area (Å²) in [6.45, 7) is 8.56. The minimum atomic E-state index is 0.263. The van der Waals surface area contributed by atoms with Crippen LogP contribution in [0.3, 0.4) is 0 Å². The molecule has 1 aromatic rings. The van der Waals surface area contributed by atoms with Crippen molar-refractivity contribution in [3.63, 3.8) is 0 Å². The molecular weight excluding hydrogens is 226 g/mol. The number of hydrogen-bond acceptors (Lipinski definition) is 3. The fourth-order valence-corrected chi connectivity index (χ4v) is 1.89. The number of ether oxygens (including phenoxy) is 2. The molecule has 0 spiro atoms. The molecule has 1 aromatic carbocycles. The molecule has 0 aromatic heterocycles. The lowest BCUT2D eigenvalue weighted by atomic mass is 10.0. The van der Waals surface area contributed by atoms with Crippen molar-refractivity contribution >= 4 is 0 Å². The maximum absolute atomic E-state index is 5.32. The molecule has 0 bridgehead atoms. The van der Waals surface area contributed by atoms with Crippen molar-refractivity contribution in [3.8, 4) is 5.75 Å². The Bertz CT molecular complexity index is 390. The first-order chi connectivity index (χ1) is 8.62. The normalized spacial score (nSPS) is 14.0. The van der Waals surface area contributed by atoms with E-state index in [1.54, 1.807) is 14.2 Å². The van der Waals surface area contributed by atoms with Crippen LogP contribution in [-0.4, -0.2) is 20.3 Å². The zero-order valence-corrected chi connectivity index (χ0v) is 11.7. The highest BCUT2D eigenvalue weighted by Gasteiger charge is 2.10. The third kappa shape index (κ3) is 3.86. The van der Waals surface area contributed by atoms with E-state index in [0.717, 1.165) is 11.3 Å². The van der Waals surface area contributed by atoms with Crippen molar-refractivity contribution in [3.05, 3.63) is 42.0 Å². The van der Waals surface area contributed by atoms with Gasteiger partial charge in [-0.2, -0.15) is 0 Å². The van der Waals surface area contributed by atoms with Crippen LogP contribution in [0.4, 0.5) is 0 Å². The molecule has 0 saturated carbocycles. The van der Waals surface area contributed by atoms with Gasteiger partial charge in [0.1, 0.15) is 5.75 Å². The Balaban J connectivity index is 2.89. The van der Waals surface area contributed by atoms with Gasteiger partial charge >= 0.3 is 0 Å². The Kier molecular flexibility index (Phi) is 5.89. The van der Waals surface area contributed by atoms with Gasteiger partial charge in [0.2, 0.25) is 0 Å². The molecule has 0 radical (unpaired) electrons. The number of benzene rings is 1. The summed E-state index contributed by atoms with van der Waals surface area (Å²) < 4.78 is 10.5. The zero-order valence-electron chi connectivity index (χ0n) is 11.7. The minimum absolute atomic E-state index is 0.263. The zero-order chi connectivity index (χ0) is 13.5. The van der Waals surface area contributed by atoms with E-state index in [1.165, 1.54) is 5.56 Å². The first-order valence-corrected chi connectivity index (χ1v) is 6.16. The smallest absolute Gasteiger partial charge is 0.124 e. The van der Waals surface area contributed by atoms with Gasteiger partial charge in [-0.05, 0) is 31.5 Å². The monoisotopic (exact) mass is 249 g/mol. The van der Waals surface area contributed by atoms with Gasteiger partial charge in [-0.15, -0.1) is 6.58 Å². The van der Waals surface area contributed by atoms with Crippen LogP contribution >= 0.6 is 0 Å². The van der Waals surface area contributed by atoms with Gasteiger partial charge in [0, 0.05) is 24.8 Å². The summed E-state index contributed by atoms with van der Waals surface area (Å²) in [5.74, 6) is 0.865. The number of methoxy groups -OCH3 is 2. The Labute approximate surface area is 110 Å². The standard InChI is InChI=1S/C15H23NO2/c1-6-11(2)16-12(3)13-7-8-15(18-5)14(9-13)10-17-4/h6-9,11-12,16H,1,10H2,2-5H3. The van der Waals surface area contributed by atoms with Gasteiger partial charge < -0.3 is 14.8 Å². The van der Waals surface area contributed by atoms with Crippen LogP contribution in [0, 0.1) is 0 Å². The Morgan fingerprint density at radius 1 is 1.33 bits per heavy atom. The molecule has 3 heteroatoms. The molecule has 0 aliphatic heterocycles. The predicted octanol–water partition coefficient (Wildman–Crippen LogP) is 3.07. The van der Waals surface area contributed by atoms with E-state index < -0.39 is 0 Å². The third-order valence-electron chi connectivity index (χ3n) is 2.97. The van der Waals surface area contributed by atoms with Crippen LogP contribution in [0.1, 0.15) is 31.0 Å². The molecule has 0 amide bonds. The van der Waals surface area contributed by atoms with Gasteiger partial charge in [0.05, 0.1) is 13.7 Å². The van der Waals surface area contributed by atoms with Gasteiger partial charge in [-0.3, -0.25) is 0 Å². The molecule has 2 atom stereocenters. The van der Waals surface area contributed by atoms with Crippen molar-refractivity contribution in [1.82, 2.24) is 5.32 Å². The minimum Gasteiger partial charge on any atom is -0.496 e. The lowest BCUT2D eigenvalue weighted by Crippen LogP contribution is -2.27. The molecule has 100 valence electrons. The van der Waals surface area contributed by atoms with E-state index in [4.69, 9.17) is 9.47 Å². The Hall–Kier alpha value is -1.32. The van der Waals surface area contributed by atoms with Crippen LogP contribution in [0.2, 0.25) is 0 Å². The summed E-state index contributed by atoms with van der Waals surface area (Å²) in [4.78, 5) is 0. The van der Waals surface area contributed by atoms with E-state index in [9.17, 15) is 0 Å². The number of hydrogen-bond donors (Lipinski definition) is 1. The summed E-state index contributed by atoms with van der Waals surface area (Å²) in [5.41, 5.74) is 2.29. The van der Waals surface area contributed by atoms with Crippen molar-refractivity contribution in [2.45, 2.75) is 32.5 Å². The highest BCUT2D eigenvalue weighted by Crippen LogP contribution is 2.24. The Morgan fingerprint density at radius 2 is 2.06 bits per heavy atom. The lowest BCUT2D eigenvalue weighted by Gasteiger charge is -2.19. The average molecular weight is 249 g/mol. The van der Waals surface area contributed by atoms with E-state index in [-0.39, 0.29) is 12.1 Å². The second-order valence-corrected chi connectivity index (χ2v) is 4.42. The molecule has 0 saturated heterocycles. The maximum Gasteiger partial charge on any atom is 0.124 e. The molecule has 0 aliphatic rings. The molecule has 18 heavy (non-hydrogen) atoms. The summed E-state index contributed by atoms with van der Waals surface area (Å²) in [7, 11) is 3.36. The largest absolute Gasteiger partial charge is 0.496 e. The molecule has 0 aliphatic carbocycles. The number of rotatable bonds is 7. The first kappa shape index (κ1) is 14.7. The third-order valence-corrected chi connectivity index (χ3v) is 2.97.